The molecule has 0 radical (unpaired) electrons. The third-order valence-electron chi connectivity index (χ3n) is 8.21. The molecule has 3 fully saturated rings. The van der Waals surface area contributed by atoms with Crippen molar-refractivity contribution in [2.75, 3.05) is 24.7 Å². The summed E-state index contributed by atoms with van der Waals surface area (Å²) in [5.74, 6) is -3.32. The monoisotopic (exact) mass is 642 g/mol. The second-order valence-corrected chi connectivity index (χ2v) is 12.0. The van der Waals surface area contributed by atoms with Gasteiger partial charge in [0.15, 0.2) is 0 Å². The minimum absolute atomic E-state index is 0.116. The van der Waals surface area contributed by atoms with Gasteiger partial charge >= 0.3 is 5.97 Å². The molecule has 7 atom stereocenters. The lowest BCUT2D eigenvalue weighted by atomic mass is 9.70. The van der Waals surface area contributed by atoms with Gasteiger partial charge in [0, 0.05) is 11.4 Å². The molecule has 3 heterocycles. The van der Waals surface area contributed by atoms with Crippen LogP contribution in [0, 0.1) is 11.8 Å². The van der Waals surface area contributed by atoms with Gasteiger partial charge in [-0.25, -0.2) is 0 Å². The summed E-state index contributed by atoms with van der Waals surface area (Å²) < 4.78 is 12.1. The van der Waals surface area contributed by atoms with Crippen LogP contribution in [0.4, 0.5) is 5.69 Å². The number of likely N-dealkylation sites (tertiary alicyclic amines) is 1. The number of rotatable bonds is 11. The van der Waals surface area contributed by atoms with Crippen LogP contribution in [-0.2, 0) is 23.9 Å². The minimum Gasteiger partial charge on any atom is -0.465 e. The average Bonchev–Trinajstić information content (AvgIpc) is 3.56. The summed E-state index contributed by atoms with van der Waals surface area (Å²) >= 11 is 10.2. The van der Waals surface area contributed by atoms with Crippen LogP contribution in [0.3, 0.4) is 0 Å². The van der Waals surface area contributed by atoms with E-state index in [0.29, 0.717) is 29.1 Å². The van der Waals surface area contributed by atoms with Gasteiger partial charge in [0.25, 0.3) is 5.91 Å². The van der Waals surface area contributed by atoms with Crippen LogP contribution < -0.4 is 4.90 Å². The highest BCUT2D eigenvalue weighted by Crippen LogP contribution is 2.61. The number of alkyl halides is 1. The highest BCUT2D eigenvalue weighted by atomic mass is 79.9. The Balaban J connectivity index is 1.64. The predicted molar refractivity (Wildman–Crippen MR) is 159 cm³/mol. The molecule has 10 heteroatoms. The number of aliphatic hydroxyl groups excluding tert-OH is 1. The number of halogens is 2. The molecule has 2 amide bonds. The molecular weight excluding hydrogens is 612 g/mol. The van der Waals surface area contributed by atoms with E-state index in [4.69, 9.17) is 21.1 Å². The van der Waals surface area contributed by atoms with E-state index in [0.717, 1.165) is 0 Å². The SMILES string of the molecule is C=CCCOC(=O)[C@H]1[C@@H]2OC3(CC2Br)C(C(=O)N(CC=C)c2ccccc2Cl)N([C@H](CO)c2ccccc2)C(=O)[C@H]13. The fourth-order valence-corrected chi connectivity index (χ4v) is 7.76. The summed E-state index contributed by atoms with van der Waals surface area (Å²) in [6.07, 6.45) is 3.35. The maximum Gasteiger partial charge on any atom is 0.312 e. The molecule has 3 saturated heterocycles. The second-order valence-electron chi connectivity index (χ2n) is 10.5. The van der Waals surface area contributed by atoms with Gasteiger partial charge in [0.05, 0.1) is 47.9 Å². The molecule has 41 heavy (non-hydrogen) atoms. The minimum atomic E-state index is -1.34. The lowest BCUT2D eigenvalue weighted by Gasteiger charge is -2.39. The number of para-hydroxylation sites is 1. The molecular formula is C31H32BrClN2O6. The number of amides is 2. The van der Waals surface area contributed by atoms with Crippen molar-refractivity contribution in [3.05, 3.63) is 90.5 Å². The van der Waals surface area contributed by atoms with Gasteiger partial charge in [-0.15, -0.1) is 13.2 Å². The van der Waals surface area contributed by atoms with Crippen LogP contribution in [0.2, 0.25) is 5.02 Å². The molecule has 3 unspecified atom stereocenters. The first-order valence-electron chi connectivity index (χ1n) is 13.5. The van der Waals surface area contributed by atoms with Gasteiger partial charge in [-0.1, -0.05) is 82.1 Å². The molecule has 3 aliphatic heterocycles. The molecule has 3 aliphatic rings. The fraction of sp³-hybridized carbons (Fsp3) is 0.387. The normalized spacial score (nSPS) is 28.7. The molecule has 2 aromatic carbocycles. The first-order valence-corrected chi connectivity index (χ1v) is 14.8. The third-order valence-corrected chi connectivity index (χ3v) is 9.38. The zero-order valence-electron chi connectivity index (χ0n) is 22.4. The largest absolute Gasteiger partial charge is 0.465 e. The fourth-order valence-electron chi connectivity index (χ4n) is 6.57. The Morgan fingerprint density at radius 1 is 1.20 bits per heavy atom. The van der Waals surface area contributed by atoms with Crippen molar-refractivity contribution in [1.29, 1.82) is 0 Å². The number of fused-ring (bicyclic) bond motifs is 1. The summed E-state index contributed by atoms with van der Waals surface area (Å²) in [5, 5.41) is 11.0. The van der Waals surface area contributed by atoms with Gasteiger partial charge in [0.1, 0.15) is 11.6 Å². The molecule has 2 aromatic rings. The number of hydrogen-bond donors (Lipinski definition) is 1. The van der Waals surface area contributed by atoms with Crippen LogP contribution in [0.5, 0.6) is 0 Å². The maximum absolute atomic E-state index is 14.7. The second kappa shape index (κ2) is 12.1. The van der Waals surface area contributed by atoms with Gasteiger partial charge in [-0.2, -0.15) is 0 Å². The standard InChI is InChI=1S/C31H32BrClN2O6/c1-3-5-16-40-30(39)24-25-28(37)35(23(18-36)19-11-7-6-8-12-19)27(31(25)17-20(32)26(24)41-31)29(38)34(15-4-2)22-14-10-9-13-21(22)33/h3-4,6-14,20,23-27,36H,1-2,5,15-18H2/t20?,23-,24-,25+,26-,27?,31?/m1/s1. The van der Waals surface area contributed by atoms with E-state index in [1.54, 1.807) is 60.7 Å². The zero-order chi connectivity index (χ0) is 29.3. The number of ether oxygens (including phenoxy) is 2. The van der Waals surface area contributed by atoms with Gasteiger partial charge in [-0.05, 0) is 30.5 Å². The Labute approximate surface area is 252 Å². The molecule has 1 spiro atoms. The summed E-state index contributed by atoms with van der Waals surface area (Å²) in [4.78, 5) is 45.2. The lowest BCUT2D eigenvalue weighted by Crippen LogP contribution is -2.57. The van der Waals surface area contributed by atoms with E-state index in [2.05, 4.69) is 29.1 Å². The number of esters is 1. The molecule has 0 aromatic heterocycles. The first-order chi connectivity index (χ1) is 19.8. The Morgan fingerprint density at radius 3 is 2.56 bits per heavy atom. The van der Waals surface area contributed by atoms with Crippen LogP contribution in [0.25, 0.3) is 0 Å². The van der Waals surface area contributed by atoms with E-state index >= 15 is 0 Å². The molecule has 1 N–H and O–H groups in total. The Kier molecular flexibility index (Phi) is 8.70. The predicted octanol–water partition coefficient (Wildman–Crippen LogP) is 4.46. The molecule has 0 aliphatic carbocycles. The van der Waals surface area contributed by atoms with E-state index in [1.165, 1.54) is 9.80 Å². The summed E-state index contributed by atoms with van der Waals surface area (Å²) in [5.41, 5.74) is -0.228. The third kappa shape index (κ3) is 4.92. The number of benzene rings is 2. The lowest BCUT2D eigenvalue weighted by molar-refractivity contribution is -0.155. The maximum atomic E-state index is 14.7. The highest BCUT2D eigenvalue weighted by Gasteiger charge is 2.77. The van der Waals surface area contributed by atoms with Gasteiger partial charge < -0.3 is 24.4 Å². The number of aliphatic hydroxyl groups is 1. The van der Waals surface area contributed by atoms with E-state index in [9.17, 15) is 19.5 Å². The summed E-state index contributed by atoms with van der Waals surface area (Å²) in [7, 11) is 0. The quantitative estimate of drug-likeness (QED) is 0.168. The van der Waals surface area contributed by atoms with Crippen LogP contribution in [0.1, 0.15) is 24.4 Å². The Morgan fingerprint density at radius 2 is 1.90 bits per heavy atom. The first kappa shape index (κ1) is 29.5. The summed E-state index contributed by atoms with van der Waals surface area (Å²) in [6.45, 7) is 7.29. The van der Waals surface area contributed by atoms with Gasteiger partial charge in [0.2, 0.25) is 5.91 Å². The smallest absolute Gasteiger partial charge is 0.312 e. The van der Waals surface area contributed by atoms with Crippen molar-refractivity contribution in [3.8, 4) is 0 Å². The van der Waals surface area contributed by atoms with Gasteiger partial charge in [-0.3, -0.25) is 14.4 Å². The molecule has 8 nitrogen and oxygen atoms in total. The zero-order valence-corrected chi connectivity index (χ0v) is 24.7. The van der Waals surface area contributed by atoms with E-state index < -0.39 is 60.0 Å². The average molecular weight is 644 g/mol. The van der Waals surface area contributed by atoms with Crippen LogP contribution in [-0.4, -0.2) is 70.1 Å². The van der Waals surface area contributed by atoms with Crippen LogP contribution in [0.15, 0.2) is 79.9 Å². The van der Waals surface area contributed by atoms with Crippen molar-refractivity contribution in [2.45, 2.75) is 41.5 Å². The Hall–Kier alpha value is -2.98. The number of carbonyl (C=O) groups is 3. The van der Waals surface area contributed by atoms with Crippen molar-refractivity contribution in [1.82, 2.24) is 4.90 Å². The Bertz CT molecular complexity index is 1340. The highest BCUT2D eigenvalue weighted by molar-refractivity contribution is 9.09. The number of carbonyl (C=O) groups excluding carboxylic acids is 3. The number of nitrogens with zero attached hydrogens (tertiary/aromatic N) is 2. The van der Waals surface area contributed by atoms with Crippen LogP contribution >= 0.6 is 27.5 Å². The van der Waals surface area contributed by atoms with Crippen molar-refractivity contribution < 1.29 is 29.0 Å². The molecule has 0 saturated carbocycles. The number of hydrogen-bond acceptors (Lipinski definition) is 6. The van der Waals surface area contributed by atoms with E-state index in [-0.39, 0.29) is 18.0 Å². The van der Waals surface area contributed by atoms with Crippen molar-refractivity contribution in [3.63, 3.8) is 0 Å². The molecule has 2 bridgehead atoms. The van der Waals surface area contributed by atoms with Crippen molar-refractivity contribution in [2.24, 2.45) is 11.8 Å². The van der Waals surface area contributed by atoms with Crippen molar-refractivity contribution >= 4 is 51.0 Å². The number of anilines is 1. The summed E-state index contributed by atoms with van der Waals surface area (Å²) in [6, 6.07) is 13.9. The topological polar surface area (TPSA) is 96.4 Å². The molecule has 216 valence electrons. The molecule has 5 rings (SSSR count). The van der Waals surface area contributed by atoms with E-state index in [1.807, 2.05) is 6.07 Å².